The quantitative estimate of drug-likeness (QED) is 0.489. The van der Waals surface area contributed by atoms with Gasteiger partial charge in [0.05, 0.1) is 10.6 Å². The first kappa shape index (κ1) is 23.1. The first-order valence-electron chi connectivity index (χ1n) is 8.74. The summed E-state index contributed by atoms with van der Waals surface area (Å²) in [5, 5.41) is 11.2. The normalized spacial score (nSPS) is 11.6. The zero-order chi connectivity index (χ0) is 22.0. The molecule has 0 spiro atoms. The molecule has 0 radical (unpaired) electrons. The largest absolute Gasteiger partial charge is 0.443 e. The zero-order valence-corrected chi connectivity index (χ0v) is 17.7. The van der Waals surface area contributed by atoms with Crippen molar-refractivity contribution in [3.63, 3.8) is 0 Å². The van der Waals surface area contributed by atoms with Crippen LogP contribution in [0.4, 0.5) is 21.0 Å². The minimum absolute atomic E-state index is 0.140. The summed E-state index contributed by atoms with van der Waals surface area (Å²) in [6, 6.07) is 2.55. The summed E-state index contributed by atoms with van der Waals surface area (Å²) >= 11 is 0. The second-order valence-corrected chi connectivity index (χ2v) is 8.49. The van der Waals surface area contributed by atoms with Crippen molar-refractivity contribution in [3.05, 3.63) is 40.0 Å². The van der Waals surface area contributed by atoms with Gasteiger partial charge < -0.3 is 9.47 Å². The molecule has 0 saturated carbocycles. The van der Waals surface area contributed by atoms with Crippen LogP contribution in [0.2, 0.25) is 0 Å². The Kier molecular flexibility index (Phi) is 6.61. The summed E-state index contributed by atoms with van der Waals surface area (Å²) in [7, 11) is 0. The Morgan fingerprint density at radius 3 is 1.79 bits per heavy atom. The van der Waals surface area contributed by atoms with Crippen LogP contribution in [0.1, 0.15) is 59.6 Å². The van der Waals surface area contributed by atoms with E-state index in [2.05, 4.69) is 6.58 Å². The highest BCUT2D eigenvalue weighted by atomic mass is 16.6. The average Bonchev–Trinajstić information content (AvgIpc) is 2.44. The molecule has 0 atom stereocenters. The molecular weight excluding hydrogens is 364 g/mol. The summed E-state index contributed by atoms with van der Waals surface area (Å²) in [6.45, 7) is 17.0. The Morgan fingerprint density at radius 1 is 1.04 bits per heavy atom. The minimum Gasteiger partial charge on any atom is -0.443 e. The topological polar surface area (TPSA) is 99.0 Å². The second kappa shape index (κ2) is 8.00. The number of hydrogen-bond acceptors (Lipinski definition) is 6. The molecule has 28 heavy (non-hydrogen) atoms. The number of carbonyl (C=O) groups excluding carboxylic acids is 2. The Hall–Kier alpha value is -2.90. The van der Waals surface area contributed by atoms with E-state index in [9.17, 15) is 19.7 Å². The molecule has 8 nitrogen and oxygen atoms in total. The fourth-order valence-electron chi connectivity index (χ4n) is 2.36. The van der Waals surface area contributed by atoms with Gasteiger partial charge in [0, 0.05) is 17.7 Å². The third-order valence-electron chi connectivity index (χ3n) is 3.33. The second-order valence-electron chi connectivity index (χ2n) is 8.49. The Bertz CT molecular complexity index is 787. The molecule has 154 valence electrons. The molecule has 0 fully saturated rings. The number of carbonyl (C=O) groups is 2. The fraction of sp³-hybridized carbons (Fsp3) is 0.500. The molecule has 0 aliphatic rings. The van der Waals surface area contributed by atoms with Crippen molar-refractivity contribution in [1.29, 1.82) is 0 Å². The Balaban J connectivity index is 3.69. The molecule has 2 amide bonds. The van der Waals surface area contributed by atoms with Crippen LogP contribution in [0.3, 0.4) is 0 Å². The molecule has 0 saturated heterocycles. The first-order valence-corrected chi connectivity index (χ1v) is 8.74. The van der Waals surface area contributed by atoms with Gasteiger partial charge in [-0.05, 0) is 66.5 Å². The number of ether oxygens (including phenoxy) is 2. The molecule has 8 heteroatoms. The number of benzene rings is 1. The third kappa shape index (κ3) is 6.07. The van der Waals surface area contributed by atoms with Gasteiger partial charge in [0.15, 0.2) is 0 Å². The SMILES string of the molecule is C=C(C)c1cc([N+](=O)[O-])cc(C)c1N(C(=O)OC(C)(C)C)C(=O)OC(C)(C)C. The maximum atomic E-state index is 12.9. The van der Waals surface area contributed by atoms with Crippen molar-refractivity contribution >= 4 is 29.1 Å². The molecule has 0 heterocycles. The van der Waals surface area contributed by atoms with E-state index < -0.39 is 28.3 Å². The number of hydrogen-bond donors (Lipinski definition) is 0. The summed E-state index contributed by atoms with van der Waals surface area (Å²) < 4.78 is 10.8. The number of aryl methyl sites for hydroxylation is 1. The van der Waals surface area contributed by atoms with Crippen LogP contribution in [0, 0.1) is 17.0 Å². The Labute approximate surface area is 165 Å². The summed E-state index contributed by atoms with van der Waals surface area (Å²) in [5.41, 5.74) is -0.703. The van der Waals surface area contributed by atoms with Crippen molar-refractivity contribution in [2.75, 3.05) is 4.90 Å². The highest BCUT2D eigenvalue weighted by Crippen LogP contribution is 2.35. The van der Waals surface area contributed by atoms with Crippen LogP contribution in [-0.4, -0.2) is 28.3 Å². The lowest BCUT2D eigenvalue weighted by Gasteiger charge is -2.30. The Morgan fingerprint density at radius 2 is 1.46 bits per heavy atom. The number of allylic oxidation sites excluding steroid dienone is 1. The van der Waals surface area contributed by atoms with E-state index in [1.165, 1.54) is 12.1 Å². The van der Waals surface area contributed by atoms with Gasteiger partial charge in [-0.3, -0.25) is 10.1 Å². The van der Waals surface area contributed by atoms with E-state index in [-0.39, 0.29) is 16.9 Å². The van der Waals surface area contributed by atoms with Gasteiger partial charge in [-0.2, -0.15) is 4.90 Å². The number of nitro benzene ring substituents is 1. The summed E-state index contributed by atoms with van der Waals surface area (Å²) in [5.74, 6) is 0. The van der Waals surface area contributed by atoms with Crippen LogP contribution in [-0.2, 0) is 9.47 Å². The van der Waals surface area contributed by atoms with Gasteiger partial charge in [0.25, 0.3) is 5.69 Å². The smallest absolute Gasteiger partial charge is 0.424 e. The van der Waals surface area contributed by atoms with Crippen LogP contribution in [0.25, 0.3) is 5.57 Å². The molecular formula is C20H28N2O6. The molecule has 1 rings (SSSR count). The predicted molar refractivity (Wildman–Crippen MR) is 107 cm³/mol. The number of anilines is 1. The van der Waals surface area contributed by atoms with Crippen molar-refractivity contribution in [2.24, 2.45) is 0 Å². The van der Waals surface area contributed by atoms with Crippen molar-refractivity contribution in [1.82, 2.24) is 0 Å². The fourth-order valence-corrected chi connectivity index (χ4v) is 2.36. The van der Waals surface area contributed by atoms with E-state index in [4.69, 9.17) is 9.47 Å². The molecule has 0 aliphatic heterocycles. The lowest BCUT2D eigenvalue weighted by Crippen LogP contribution is -2.44. The van der Waals surface area contributed by atoms with E-state index in [1.54, 1.807) is 55.4 Å². The number of imide groups is 1. The van der Waals surface area contributed by atoms with Gasteiger partial charge in [-0.1, -0.05) is 6.58 Å². The van der Waals surface area contributed by atoms with Crippen molar-refractivity contribution < 1.29 is 24.0 Å². The minimum atomic E-state index is -0.943. The van der Waals surface area contributed by atoms with E-state index in [0.29, 0.717) is 11.1 Å². The van der Waals surface area contributed by atoms with Gasteiger partial charge in [0.2, 0.25) is 0 Å². The molecule has 0 N–H and O–H groups in total. The highest BCUT2D eigenvalue weighted by molar-refractivity contribution is 6.12. The third-order valence-corrected chi connectivity index (χ3v) is 3.33. The highest BCUT2D eigenvalue weighted by Gasteiger charge is 2.35. The lowest BCUT2D eigenvalue weighted by atomic mass is 10.0. The van der Waals surface area contributed by atoms with Crippen molar-refractivity contribution in [2.45, 2.75) is 66.6 Å². The van der Waals surface area contributed by atoms with E-state index in [0.717, 1.165) is 4.90 Å². The molecule has 0 aliphatic carbocycles. The molecule has 0 aromatic heterocycles. The molecule has 0 bridgehead atoms. The molecule has 0 unspecified atom stereocenters. The van der Waals surface area contributed by atoms with Gasteiger partial charge in [-0.25, -0.2) is 9.59 Å². The van der Waals surface area contributed by atoms with Crippen LogP contribution < -0.4 is 4.90 Å². The monoisotopic (exact) mass is 392 g/mol. The standard InChI is InChI=1S/C20H28N2O6/c1-12(2)15-11-14(22(25)26)10-13(3)16(15)21(17(23)27-19(4,5)6)18(24)28-20(7,8)9/h10-11H,1H2,2-9H3. The summed E-state index contributed by atoms with van der Waals surface area (Å²) in [4.78, 5) is 37.2. The first-order chi connectivity index (χ1) is 12.5. The van der Waals surface area contributed by atoms with Crippen LogP contribution in [0.5, 0.6) is 0 Å². The van der Waals surface area contributed by atoms with Crippen LogP contribution in [0.15, 0.2) is 18.7 Å². The van der Waals surface area contributed by atoms with Crippen molar-refractivity contribution in [3.8, 4) is 0 Å². The average molecular weight is 392 g/mol. The maximum absolute atomic E-state index is 12.9. The number of nitrogens with zero attached hydrogens (tertiary/aromatic N) is 2. The number of amides is 2. The number of non-ortho nitro benzene ring substituents is 1. The van der Waals surface area contributed by atoms with Crippen LogP contribution >= 0.6 is 0 Å². The molecule has 1 aromatic carbocycles. The van der Waals surface area contributed by atoms with E-state index in [1.807, 2.05) is 0 Å². The zero-order valence-electron chi connectivity index (χ0n) is 17.7. The number of rotatable bonds is 3. The van der Waals surface area contributed by atoms with Gasteiger partial charge in [-0.15, -0.1) is 0 Å². The number of nitro groups is 1. The lowest BCUT2D eigenvalue weighted by molar-refractivity contribution is -0.384. The maximum Gasteiger partial charge on any atom is 0.424 e. The molecule has 1 aromatic rings. The predicted octanol–water partition coefficient (Wildman–Crippen LogP) is 5.61. The van der Waals surface area contributed by atoms with E-state index >= 15 is 0 Å². The summed E-state index contributed by atoms with van der Waals surface area (Å²) in [6.07, 6.45) is -1.89. The van der Waals surface area contributed by atoms with Gasteiger partial charge in [0.1, 0.15) is 11.2 Å². The van der Waals surface area contributed by atoms with Gasteiger partial charge >= 0.3 is 12.2 Å².